The van der Waals surface area contributed by atoms with Gasteiger partial charge in [0.25, 0.3) is 0 Å². The number of hydrogen-bond donors (Lipinski definition) is 3. The Morgan fingerprint density at radius 1 is 1.29 bits per heavy atom. The number of halogens is 3. The summed E-state index contributed by atoms with van der Waals surface area (Å²) in [6, 6.07) is 1.94. The predicted molar refractivity (Wildman–Crippen MR) is 84.0 cm³/mol. The van der Waals surface area contributed by atoms with Crippen LogP contribution < -0.4 is 10.6 Å². The molecule has 2 aromatic rings. The number of hydrogen-bond acceptors (Lipinski definition) is 5. The van der Waals surface area contributed by atoms with Crippen LogP contribution in [-0.4, -0.2) is 39.4 Å². The number of aliphatic hydroxyl groups excluding tert-OH is 1. The van der Waals surface area contributed by atoms with Crippen molar-refractivity contribution < 1.29 is 18.3 Å². The molecule has 132 valence electrons. The minimum Gasteiger partial charge on any atom is -0.396 e. The summed E-state index contributed by atoms with van der Waals surface area (Å²) < 4.78 is 40.9. The van der Waals surface area contributed by atoms with Gasteiger partial charge in [0.1, 0.15) is 5.82 Å². The van der Waals surface area contributed by atoms with E-state index in [-0.39, 0.29) is 36.0 Å². The normalized spacial score (nSPS) is 21.9. The first-order chi connectivity index (χ1) is 11.4. The summed E-state index contributed by atoms with van der Waals surface area (Å²) in [5, 5.41) is 19.6. The van der Waals surface area contributed by atoms with Crippen LogP contribution in [0.3, 0.4) is 0 Å². The Morgan fingerprint density at radius 3 is 2.71 bits per heavy atom. The standard InChI is InChI=1S/C15H20F3N5O/c1-19-14-21-13-7-10(15(16,17)18)6-12(23(13)22-14)20-11-5-3-2-4-9(11)8-24/h6-7,9,11,20,24H,2-5,8H2,1H3,(H,19,22). The summed E-state index contributed by atoms with van der Waals surface area (Å²) in [4.78, 5) is 4.05. The third kappa shape index (κ3) is 3.26. The van der Waals surface area contributed by atoms with Gasteiger partial charge in [0.15, 0.2) is 5.65 Å². The van der Waals surface area contributed by atoms with Crippen molar-refractivity contribution in [2.45, 2.75) is 37.9 Å². The first-order valence-corrected chi connectivity index (χ1v) is 7.95. The monoisotopic (exact) mass is 343 g/mol. The molecule has 0 amide bonds. The summed E-state index contributed by atoms with van der Waals surface area (Å²) in [5.74, 6) is 0.509. The average molecular weight is 343 g/mol. The number of rotatable bonds is 4. The van der Waals surface area contributed by atoms with Crippen LogP contribution in [-0.2, 0) is 6.18 Å². The topological polar surface area (TPSA) is 74.5 Å². The second-order valence-corrected chi connectivity index (χ2v) is 6.06. The maximum absolute atomic E-state index is 13.2. The maximum Gasteiger partial charge on any atom is 0.416 e. The minimum absolute atomic E-state index is 0.0128. The molecule has 6 nitrogen and oxygen atoms in total. The van der Waals surface area contributed by atoms with Crippen molar-refractivity contribution in [2.75, 3.05) is 24.3 Å². The zero-order valence-electron chi connectivity index (χ0n) is 13.3. The van der Waals surface area contributed by atoms with E-state index in [1.807, 2.05) is 0 Å². The molecule has 0 aromatic carbocycles. The van der Waals surface area contributed by atoms with E-state index >= 15 is 0 Å². The lowest BCUT2D eigenvalue weighted by atomic mass is 9.85. The molecule has 9 heteroatoms. The molecule has 2 aromatic heterocycles. The molecular formula is C15H20F3N5O. The van der Waals surface area contributed by atoms with E-state index in [0.717, 1.165) is 37.8 Å². The van der Waals surface area contributed by atoms with Gasteiger partial charge in [-0.3, -0.25) is 0 Å². The van der Waals surface area contributed by atoms with Gasteiger partial charge in [-0.25, -0.2) is 0 Å². The Hall–Kier alpha value is -2.03. The molecule has 1 saturated carbocycles. The third-order valence-electron chi connectivity index (χ3n) is 4.46. The highest BCUT2D eigenvalue weighted by atomic mass is 19.4. The molecule has 1 aliphatic carbocycles. The van der Waals surface area contributed by atoms with Gasteiger partial charge in [-0.15, -0.1) is 5.10 Å². The predicted octanol–water partition coefficient (Wildman–Crippen LogP) is 2.75. The smallest absolute Gasteiger partial charge is 0.396 e. The average Bonchev–Trinajstić information content (AvgIpc) is 2.98. The summed E-state index contributed by atoms with van der Waals surface area (Å²) in [7, 11) is 1.61. The van der Waals surface area contributed by atoms with Gasteiger partial charge >= 0.3 is 6.18 Å². The fraction of sp³-hybridized carbons (Fsp3) is 0.600. The van der Waals surface area contributed by atoms with Crippen LogP contribution in [0, 0.1) is 5.92 Å². The van der Waals surface area contributed by atoms with Gasteiger partial charge in [-0.2, -0.15) is 22.7 Å². The van der Waals surface area contributed by atoms with Crippen molar-refractivity contribution >= 4 is 17.4 Å². The molecule has 3 rings (SSSR count). The largest absolute Gasteiger partial charge is 0.416 e. The Kier molecular flexibility index (Phi) is 4.53. The third-order valence-corrected chi connectivity index (χ3v) is 4.46. The number of aliphatic hydroxyl groups is 1. The first-order valence-electron chi connectivity index (χ1n) is 7.95. The van der Waals surface area contributed by atoms with Crippen LogP contribution in [0.1, 0.15) is 31.2 Å². The lowest BCUT2D eigenvalue weighted by molar-refractivity contribution is -0.137. The van der Waals surface area contributed by atoms with Crippen LogP contribution in [0.5, 0.6) is 0 Å². The first kappa shape index (κ1) is 16.8. The quantitative estimate of drug-likeness (QED) is 0.796. The number of nitrogens with zero attached hydrogens (tertiary/aromatic N) is 3. The van der Waals surface area contributed by atoms with E-state index < -0.39 is 11.7 Å². The molecule has 0 spiro atoms. The minimum atomic E-state index is -4.47. The molecule has 2 unspecified atom stereocenters. The summed E-state index contributed by atoms with van der Waals surface area (Å²) in [6.45, 7) is 0.0128. The van der Waals surface area contributed by atoms with Crippen LogP contribution in [0.25, 0.3) is 5.65 Å². The van der Waals surface area contributed by atoms with E-state index in [2.05, 4.69) is 20.7 Å². The molecule has 24 heavy (non-hydrogen) atoms. The fourth-order valence-electron chi connectivity index (χ4n) is 3.16. The van der Waals surface area contributed by atoms with Crippen molar-refractivity contribution in [3.05, 3.63) is 17.7 Å². The van der Waals surface area contributed by atoms with Gasteiger partial charge in [0.05, 0.1) is 5.56 Å². The molecule has 0 aliphatic heterocycles. The van der Waals surface area contributed by atoms with Gasteiger partial charge in [0, 0.05) is 25.6 Å². The molecule has 0 bridgehead atoms. The molecule has 0 radical (unpaired) electrons. The van der Waals surface area contributed by atoms with Crippen molar-refractivity contribution in [2.24, 2.45) is 5.92 Å². The van der Waals surface area contributed by atoms with Crippen LogP contribution in [0.15, 0.2) is 12.1 Å². The highest BCUT2D eigenvalue weighted by molar-refractivity contribution is 5.55. The molecule has 1 fully saturated rings. The fourth-order valence-corrected chi connectivity index (χ4v) is 3.16. The molecule has 0 saturated heterocycles. The SMILES string of the molecule is CNc1nc2cc(C(F)(F)F)cc(NC3CCCCC3CO)n2n1. The van der Waals surface area contributed by atoms with E-state index in [9.17, 15) is 18.3 Å². The highest BCUT2D eigenvalue weighted by Gasteiger charge is 2.33. The van der Waals surface area contributed by atoms with Crippen molar-refractivity contribution in [1.29, 1.82) is 0 Å². The summed E-state index contributed by atoms with van der Waals surface area (Å²) in [6.07, 6.45) is -0.803. The Morgan fingerprint density at radius 2 is 2.04 bits per heavy atom. The van der Waals surface area contributed by atoms with Gasteiger partial charge in [-0.1, -0.05) is 12.8 Å². The van der Waals surface area contributed by atoms with Crippen LogP contribution >= 0.6 is 0 Å². The van der Waals surface area contributed by atoms with E-state index in [1.54, 1.807) is 7.05 Å². The second kappa shape index (κ2) is 6.46. The Labute approximate surface area is 137 Å². The number of nitrogens with one attached hydrogen (secondary N) is 2. The Bertz CT molecular complexity index is 715. The zero-order valence-corrected chi connectivity index (χ0v) is 13.3. The number of alkyl halides is 3. The van der Waals surface area contributed by atoms with Gasteiger partial charge in [-0.05, 0) is 25.0 Å². The Balaban J connectivity index is 2.02. The molecule has 3 N–H and O–H groups in total. The van der Waals surface area contributed by atoms with Gasteiger partial charge < -0.3 is 15.7 Å². The van der Waals surface area contributed by atoms with Crippen LogP contribution in [0.4, 0.5) is 24.9 Å². The lowest BCUT2D eigenvalue weighted by Crippen LogP contribution is -2.35. The van der Waals surface area contributed by atoms with Crippen molar-refractivity contribution in [1.82, 2.24) is 14.6 Å². The lowest BCUT2D eigenvalue weighted by Gasteiger charge is -2.31. The number of aromatic nitrogens is 3. The maximum atomic E-state index is 13.2. The second-order valence-electron chi connectivity index (χ2n) is 6.06. The van der Waals surface area contributed by atoms with Crippen LogP contribution in [0.2, 0.25) is 0 Å². The van der Waals surface area contributed by atoms with E-state index in [0.29, 0.717) is 0 Å². The molecule has 2 heterocycles. The van der Waals surface area contributed by atoms with Crippen molar-refractivity contribution in [3.63, 3.8) is 0 Å². The van der Waals surface area contributed by atoms with E-state index in [4.69, 9.17) is 0 Å². The molecule has 1 aliphatic rings. The van der Waals surface area contributed by atoms with E-state index in [1.165, 1.54) is 4.52 Å². The zero-order chi connectivity index (χ0) is 17.3. The number of pyridine rings is 1. The molecule has 2 atom stereocenters. The number of anilines is 2. The van der Waals surface area contributed by atoms with Gasteiger partial charge in [0.2, 0.25) is 5.95 Å². The summed E-state index contributed by atoms with van der Waals surface area (Å²) in [5.41, 5.74) is -0.656. The summed E-state index contributed by atoms with van der Waals surface area (Å²) >= 11 is 0. The van der Waals surface area contributed by atoms with Crippen molar-refractivity contribution in [3.8, 4) is 0 Å². The highest BCUT2D eigenvalue weighted by Crippen LogP contribution is 2.33. The number of fused-ring (bicyclic) bond motifs is 1. The molecular weight excluding hydrogens is 323 g/mol.